The van der Waals surface area contributed by atoms with Gasteiger partial charge in [-0.15, -0.1) is 0 Å². The molecule has 3 aliphatic rings. The van der Waals surface area contributed by atoms with Gasteiger partial charge in [0.15, 0.2) is 5.78 Å². The molecule has 0 amide bonds. The minimum atomic E-state index is -0.666. The smallest absolute Gasteiger partial charge is 0.303 e. The molecule has 5 heteroatoms. The summed E-state index contributed by atoms with van der Waals surface area (Å²) in [5, 5.41) is 0. The van der Waals surface area contributed by atoms with Crippen LogP contribution in [0.2, 0.25) is 0 Å². The van der Waals surface area contributed by atoms with Crippen LogP contribution in [0.3, 0.4) is 0 Å². The van der Waals surface area contributed by atoms with Crippen molar-refractivity contribution in [2.45, 2.75) is 84.0 Å². The zero-order chi connectivity index (χ0) is 18.4. The average molecular weight is 350 g/mol. The molecule has 1 saturated carbocycles. The summed E-state index contributed by atoms with van der Waals surface area (Å²) in [5.74, 6) is 0.667. The van der Waals surface area contributed by atoms with Crippen LogP contribution in [0.5, 0.6) is 0 Å². The Hall–Kier alpha value is -1.23. The Morgan fingerprint density at radius 3 is 2.64 bits per heavy atom. The summed E-state index contributed by atoms with van der Waals surface area (Å²) in [6.07, 6.45) is 2.68. The van der Waals surface area contributed by atoms with Crippen molar-refractivity contribution in [2.24, 2.45) is 23.7 Å². The molecule has 0 aromatic carbocycles. The molecular weight excluding hydrogens is 320 g/mol. The van der Waals surface area contributed by atoms with E-state index in [0.717, 1.165) is 12.8 Å². The molecule has 2 bridgehead atoms. The maximum absolute atomic E-state index is 12.8. The maximum atomic E-state index is 12.8. The quantitative estimate of drug-likeness (QED) is 0.716. The predicted molar refractivity (Wildman–Crippen MR) is 91.9 cm³/mol. The van der Waals surface area contributed by atoms with E-state index < -0.39 is 11.7 Å². The van der Waals surface area contributed by atoms with E-state index in [4.69, 9.17) is 9.47 Å². The maximum Gasteiger partial charge on any atom is 0.303 e. The lowest BCUT2D eigenvalue weighted by Gasteiger charge is -2.48. The van der Waals surface area contributed by atoms with Crippen molar-refractivity contribution >= 4 is 17.5 Å². The monoisotopic (exact) mass is 350 g/mol. The number of fused-ring (bicyclic) bond motifs is 5. The lowest BCUT2D eigenvalue weighted by atomic mass is 9.59. The second-order valence-electron chi connectivity index (χ2n) is 8.61. The van der Waals surface area contributed by atoms with Gasteiger partial charge in [0.05, 0.1) is 6.10 Å². The van der Waals surface area contributed by atoms with Gasteiger partial charge in [-0.1, -0.05) is 13.8 Å². The molecule has 0 unspecified atom stereocenters. The summed E-state index contributed by atoms with van der Waals surface area (Å²) in [7, 11) is 0. The van der Waals surface area contributed by atoms with E-state index in [2.05, 4.69) is 13.8 Å². The Bertz CT molecular complexity index is 568. The number of Topliss-reactive ketones (excluding diaryl/α,β-unsaturated/α-hetero) is 2. The first kappa shape index (κ1) is 18.6. The topological polar surface area (TPSA) is 69.7 Å². The molecule has 0 radical (unpaired) electrons. The SMILES string of the molecule is CC(=O)O[C@]1(C)CC[C@H](C(C)C)[C@@H]2[C@H]1[C@H]1CC(=O)CCCC(=O)[C@@H]2O1. The molecule has 3 rings (SSSR count). The summed E-state index contributed by atoms with van der Waals surface area (Å²) in [6, 6.07) is 0. The molecule has 140 valence electrons. The van der Waals surface area contributed by atoms with Gasteiger partial charge in [0, 0.05) is 38.0 Å². The number of ether oxygens (including phenoxy) is 2. The van der Waals surface area contributed by atoms with Crippen molar-refractivity contribution < 1.29 is 23.9 Å². The Balaban J connectivity index is 2.02. The molecule has 2 heterocycles. The van der Waals surface area contributed by atoms with E-state index in [0.29, 0.717) is 37.5 Å². The highest BCUT2D eigenvalue weighted by Gasteiger charge is 2.61. The van der Waals surface area contributed by atoms with Gasteiger partial charge >= 0.3 is 5.97 Å². The van der Waals surface area contributed by atoms with E-state index in [9.17, 15) is 14.4 Å². The van der Waals surface area contributed by atoms with Gasteiger partial charge in [-0.25, -0.2) is 0 Å². The van der Waals surface area contributed by atoms with Crippen LogP contribution >= 0.6 is 0 Å². The first-order chi connectivity index (χ1) is 11.7. The molecular formula is C20H30O5. The second-order valence-corrected chi connectivity index (χ2v) is 8.61. The summed E-state index contributed by atoms with van der Waals surface area (Å²) < 4.78 is 12.0. The third-order valence-electron chi connectivity index (χ3n) is 6.52. The van der Waals surface area contributed by atoms with Crippen molar-refractivity contribution in [3.8, 4) is 0 Å². The first-order valence-corrected chi connectivity index (χ1v) is 9.62. The number of carbonyl (C=O) groups excluding carboxylic acids is 3. The number of ketones is 2. The van der Waals surface area contributed by atoms with Crippen LogP contribution in [-0.2, 0) is 23.9 Å². The van der Waals surface area contributed by atoms with E-state index in [1.807, 2.05) is 6.92 Å². The van der Waals surface area contributed by atoms with Crippen molar-refractivity contribution in [3.63, 3.8) is 0 Å². The third kappa shape index (κ3) is 3.40. The minimum absolute atomic E-state index is 0.0292. The van der Waals surface area contributed by atoms with E-state index >= 15 is 0 Å². The molecule has 0 aromatic heterocycles. The van der Waals surface area contributed by atoms with Crippen LogP contribution in [0.25, 0.3) is 0 Å². The number of esters is 1. The number of hydrogen-bond acceptors (Lipinski definition) is 5. The Morgan fingerprint density at radius 1 is 1.28 bits per heavy atom. The minimum Gasteiger partial charge on any atom is -0.459 e. The van der Waals surface area contributed by atoms with Crippen molar-refractivity contribution in [3.05, 3.63) is 0 Å². The standard InChI is InChI=1S/C20H30O5/c1-11(2)14-8-9-20(4,25-12(3)21)18-16-10-13(22)6-5-7-15(23)19(24-16)17(14)18/h11,14,16-19H,5-10H2,1-4H3/t14-,16-,17-,18-,19+,20-/m1/s1. The normalized spacial score (nSPS) is 41.7. The predicted octanol–water partition coefficient (Wildman–Crippen LogP) is 3.09. The van der Waals surface area contributed by atoms with Gasteiger partial charge < -0.3 is 9.47 Å². The van der Waals surface area contributed by atoms with Crippen LogP contribution in [0.1, 0.15) is 66.2 Å². The molecule has 2 saturated heterocycles. The molecule has 3 fully saturated rings. The van der Waals surface area contributed by atoms with E-state index in [-0.39, 0.29) is 35.5 Å². The van der Waals surface area contributed by atoms with E-state index in [1.165, 1.54) is 6.92 Å². The second kappa shape index (κ2) is 6.82. The highest BCUT2D eigenvalue weighted by Crippen LogP contribution is 2.55. The zero-order valence-electron chi connectivity index (χ0n) is 15.7. The molecule has 1 aliphatic carbocycles. The van der Waals surface area contributed by atoms with Crippen LogP contribution < -0.4 is 0 Å². The summed E-state index contributed by atoms with van der Waals surface area (Å²) >= 11 is 0. The third-order valence-corrected chi connectivity index (χ3v) is 6.52. The summed E-state index contributed by atoms with van der Waals surface area (Å²) in [5.41, 5.74) is -0.666. The summed E-state index contributed by atoms with van der Waals surface area (Å²) in [6.45, 7) is 7.75. The van der Waals surface area contributed by atoms with Gasteiger partial charge in [-0.2, -0.15) is 0 Å². The van der Waals surface area contributed by atoms with Gasteiger partial charge in [0.2, 0.25) is 0 Å². The van der Waals surface area contributed by atoms with Crippen LogP contribution in [0.4, 0.5) is 0 Å². The molecule has 25 heavy (non-hydrogen) atoms. The van der Waals surface area contributed by atoms with Crippen molar-refractivity contribution in [1.82, 2.24) is 0 Å². The van der Waals surface area contributed by atoms with Gasteiger partial charge in [0.1, 0.15) is 17.5 Å². The van der Waals surface area contributed by atoms with E-state index in [1.54, 1.807) is 0 Å². The van der Waals surface area contributed by atoms with Gasteiger partial charge in [0.25, 0.3) is 0 Å². The van der Waals surface area contributed by atoms with Crippen molar-refractivity contribution in [1.29, 1.82) is 0 Å². The molecule has 5 nitrogen and oxygen atoms in total. The molecule has 0 aromatic rings. The lowest BCUT2D eigenvalue weighted by Crippen LogP contribution is -2.53. The Labute approximate surface area is 149 Å². The van der Waals surface area contributed by atoms with Crippen molar-refractivity contribution in [2.75, 3.05) is 0 Å². The fraction of sp³-hybridized carbons (Fsp3) is 0.850. The average Bonchev–Trinajstić information content (AvgIpc) is 2.88. The van der Waals surface area contributed by atoms with Crippen LogP contribution in [0.15, 0.2) is 0 Å². The largest absolute Gasteiger partial charge is 0.459 e. The van der Waals surface area contributed by atoms with Crippen LogP contribution in [0, 0.1) is 23.7 Å². The highest BCUT2D eigenvalue weighted by molar-refractivity contribution is 5.86. The van der Waals surface area contributed by atoms with Gasteiger partial charge in [-0.3, -0.25) is 14.4 Å². The fourth-order valence-corrected chi connectivity index (χ4v) is 5.52. The lowest BCUT2D eigenvalue weighted by molar-refractivity contribution is -0.173. The first-order valence-electron chi connectivity index (χ1n) is 9.62. The number of carbonyl (C=O) groups is 3. The zero-order valence-corrected chi connectivity index (χ0v) is 15.7. The Kier molecular flexibility index (Phi) is 5.06. The molecule has 0 spiro atoms. The highest BCUT2D eigenvalue weighted by atomic mass is 16.6. The van der Waals surface area contributed by atoms with Crippen LogP contribution in [-0.4, -0.2) is 35.3 Å². The molecule has 6 atom stereocenters. The molecule has 2 aliphatic heterocycles. The number of hydrogen-bond donors (Lipinski definition) is 0. The summed E-state index contributed by atoms with van der Waals surface area (Å²) in [4.78, 5) is 36.8. The Morgan fingerprint density at radius 2 is 2.00 bits per heavy atom. The number of rotatable bonds is 2. The van der Waals surface area contributed by atoms with Gasteiger partial charge in [-0.05, 0) is 38.0 Å². The molecule has 0 N–H and O–H groups in total. The fourth-order valence-electron chi connectivity index (χ4n) is 5.52.